The summed E-state index contributed by atoms with van der Waals surface area (Å²) >= 11 is 12.1. The molecule has 0 saturated carbocycles. The summed E-state index contributed by atoms with van der Waals surface area (Å²) in [5.41, 5.74) is 7.93. The number of tetrazole rings is 1. The SMILES string of the molecule is Nc1ccccc1-c1nnnn1-c1ccc(Cl)cc1Cl. The Kier molecular flexibility index (Phi) is 3.30. The Morgan fingerprint density at radius 1 is 1.05 bits per heavy atom. The van der Waals surface area contributed by atoms with E-state index in [9.17, 15) is 0 Å². The molecule has 7 heteroatoms. The quantitative estimate of drug-likeness (QED) is 0.738. The van der Waals surface area contributed by atoms with Crippen molar-refractivity contribution in [1.82, 2.24) is 20.2 Å². The predicted octanol–water partition coefficient (Wildman–Crippen LogP) is 3.22. The summed E-state index contributed by atoms with van der Waals surface area (Å²) in [6.45, 7) is 0. The number of nitrogen functional groups attached to an aromatic ring is 1. The van der Waals surface area contributed by atoms with Crippen LogP contribution in [0.3, 0.4) is 0 Å². The molecule has 0 radical (unpaired) electrons. The smallest absolute Gasteiger partial charge is 0.189 e. The molecule has 20 heavy (non-hydrogen) atoms. The second-order valence-corrected chi connectivity index (χ2v) is 4.94. The third-order valence-electron chi connectivity index (χ3n) is 2.81. The van der Waals surface area contributed by atoms with Gasteiger partial charge in [0.25, 0.3) is 0 Å². The number of nitrogens with zero attached hydrogens (tertiary/aromatic N) is 4. The first-order valence-electron chi connectivity index (χ1n) is 5.75. The van der Waals surface area contributed by atoms with Crippen LogP contribution < -0.4 is 5.73 Å². The maximum atomic E-state index is 6.19. The number of halogens is 2. The molecule has 100 valence electrons. The molecule has 0 atom stereocenters. The molecule has 0 bridgehead atoms. The number of para-hydroxylation sites is 1. The van der Waals surface area contributed by atoms with Gasteiger partial charge in [-0.3, -0.25) is 0 Å². The maximum absolute atomic E-state index is 6.19. The molecule has 0 saturated heterocycles. The van der Waals surface area contributed by atoms with Crippen LogP contribution in [0.1, 0.15) is 0 Å². The van der Waals surface area contributed by atoms with E-state index in [0.29, 0.717) is 27.2 Å². The number of rotatable bonds is 2. The summed E-state index contributed by atoms with van der Waals surface area (Å²) in [6, 6.07) is 12.5. The first kappa shape index (κ1) is 12.9. The highest BCUT2D eigenvalue weighted by Gasteiger charge is 2.15. The molecule has 3 aromatic rings. The third kappa shape index (κ3) is 2.21. The van der Waals surface area contributed by atoms with Crippen molar-refractivity contribution in [3.05, 3.63) is 52.5 Å². The monoisotopic (exact) mass is 305 g/mol. The molecule has 0 fully saturated rings. The van der Waals surface area contributed by atoms with Crippen molar-refractivity contribution in [3.8, 4) is 17.1 Å². The van der Waals surface area contributed by atoms with Crippen molar-refractivity contribution >= 4 is 28.9 Å². The van der Waals surface area contributed by atoms with Crippen LogP contribution in [0, 0.1) is 0 Å². The molecule has 2 N–H and O–H groups in total. The van der Waals surface area contributed by atoms with Crippen LogP contribution in [0.4, 0.5) is 5.69 Å². The van der Waals surface area contributed by atoms with Gasteiger partial charge in [0.05, 0.1) is 10.7 Å². The Labute approximate surface area is 124 Å². The number of aromatic nitrogens is 4. The highest BCUT2D eigenvalue weighted by molar-refractivity contribution is 6.35. The van der Waals surface area contributed by atoms with Gasteiger partial charge >= 0.3 is 0 Å². The second kappa shape index (κ2) is 5.11. The lowest BCUT2D eigenvalue weighted by molar-refractivity contribution is 0.791. The molecule has 1 aromatic heterocycles. The number of hydrogen-bond donors (Lipinski definition) is 1. The topological polar surface area (TPSA) is 69.6 Å². The lowest BCUT2D eigenvalue weighted by atomic mass is 10.1. The van der Waals surface area contributed by atoms with Gasteiger partial charge in [-0.05, 0) is 40.8 Å². The van der Waals surface area contributed by atoms with E-state index in [2.05, 4.69) is 15.5 Å². The van der Waals surface area contributed by atoms with Crippen LogP contribution in [0.2, 0.25) is 10.0 Å². The van der Waals surface area contributed by atoms with Crippen molar-refractivity contribution in [3.63, 3.8) is 0 Å². The summed E-state index contributed by atoms with van der Waals surface area (Å²) in [6.07, 6.45) is 0. The van der Waals surface area contributed by atoms with Crippen LogP contribution in [0.5, 0.6) is 0 Å². The van der Waals surface area contributed by atoms with Crippen molar-refractivity contribution in [1.29, 1.82) is 0 Å². The highest BCUT2D eigenvalue weighted by atomic mass is 35.5. The molecule has 0 aliphatic rings. The van der Waals surface area contributed by atoms with E-state index in [1.54, 1.807) is 24.3 Å². The standard InChI is InChI=1S/C13H9Cl2N5/c14-8-5-6-12(10(15)7-8)20-13(17-18-19-20)9-3-1-2-4-11(9)16/h1-7H,16H2. The fraction of sp³-hybridized carbons (Fsp3) is 0. The lowest BCUT2D eigenvalue weighted by Gasteiger charge is -2.08. The number of hydrogen-bond acceptors (Lipinski definition) is 4. The second-order valence-electron chi connectivity index (χ2n) is 4.10. The van der Waals surface area contributed by atoms with Crippen LogP contribution in [-0.2, 0) is 0 Å². The third-order valence-corrected chi connectivity index (χ3v) is 3.35. The van der Waals surface area contributed by atoms with Crippen molar-refractivity contribution < 1.29 is 0 Å². The first-order chi connectivity index (χ1) is 9.66. The van der Waals surface area contributed by atoms with E-state index >= 15 is 0 Å². The molecule has 5 nitrogen and oxygen atoms in total. The zero-order valence-corrected chi connectivity index (χ0v) is 11.7. The predicted molar refractivity (Wildman–Crippen MR) is 79.0 cm³/mol. The number of benzene rings is 2. The zero-order valence-electron chi connectivity index (χ0n) is 10.2. The van der Waals surface area contributed by atoms with Crippen LogP contribution >= 0.6 is 23.2 Å². The van der Waals surface area contributed by atoms with Gasteiger partial charge in [-0.2, -0.15) is 4.68 Å². The van der Waals surface area contributed by atoms with E-state index in [1.165, 1.54) is 4.68 Å². The van der Waals surface area contributed by atoms with Gasteiger partial charge in [0.15, 0.2) is 5.82 Å². The molecule has 0 amide bonds. The normalized spacial score (nSPS) is 10.7. The number of nitrogens with two attached hydrogens (primary N) is 1. The average molecular weight is 306 g/mol. The fourth-order valence-corrected chi connectivity index (χ4v) is 2.36. The minimum Gasteiger partial charge on any atom is -0.398 e. The largest absolute Gasteiger partial charge is 0.398 e. The van der Waals surface area contributed by atoms with E-state index < -0.39 is 0 Å². The van der Waals surface area contributed by atoms with E-state index in [0.717, 1.165) is 5.56 Å². The van der Waals surface area contributed by atoms with Gasteiger partial charge in [0.1, 0.15) is 0 Å². The van der Waals surface area contributed by atoms with Gasteiger partial charge in [-0.15, -0.1) is 5.10 Å². The van der Waals surface area contributed by atoms with Gasteiger partial charge in [0.2, 0.25) is 0 Å². The molecular formula is C13H9Cl2N5. The Morgan fingerprint density at radius 3 is 2.60 bits per heavy atom. The summed E-state index contributed by atoms with van der Waals surface area (Å²) < 4.78 is 1.53. The van der Waals surface area contributed by atoms with Gasteiger partial charge in [-0.1, -0.05) is 35.3 Å². The van der Waals surface area contributed by atoms with Crippen molar-refractivity contribution in [2.24, 2.45) is 0 Å². The molecule has 0 unspecified atom stereocenters. The summed E-state index contributed by atoms with van der Waals surface area (Å²) in [7, 11) is 0. The first-order valence-corrected chi connectivity index (χ1v) is 6.51. The molecule has 3 rings (SSSR count). The Balaban J connectivity index is 2.18. The summed E-state index contributed by atoms with van der Waals surface area (Å²) in [5.74, 6) is 0.521. The fourth-order valence-electron chi connectivity index (χ4n) is 1.87. The van der Waals surface area contributed by atoms with Crippen molar-refractivity contribution in [2.75, 3.05) is 5.73 Å². The van der Waals surface area contributed by atoms with Gasteiger partial charge in [0, 0.05) is 16.3 Å². The minimum atomic E-state index is 0.459. The molecule has 2 aromatic carbocycles. The van der Waals surface area contributed by atoms with E-state index in [-0.39, 0.29) is 0 Å². The highest BCUT2D eigenvalue weighted by Crippen LogP contribution is 2.29. The molecule has 0 aliphatic carbocycles. The lowest BCUT2D eigenvalue weighted by Crippen LogP contribution is -2.02. The average Bonchev–Trinajstić information content (AvgIpc) is 2.88. The number of anilines is 1. The Morgan fingerprint density at radius 2 is 1.85 bits per heavy atom. The molecule has 0 aliphatic heterocycles. The van der Waals surface area contributed by atoms with Crippen LogP contribution in [-0.4, -0.2) is 20.2 Å². The van der Waals surface area contributed by atoms with Gasteiger partial charge < -0.3 is 5.73 Å². The van der Waals surface area contributed by atoms with E-state index in [1.807, 2.05) is 18.2 Å². The van der Waals surface area contributed by atoms with Crippen LogP contribution in [0.25, 0.3) is 17.1 Å². The maximum Gasteiger partial charge on any atom is 0.189 e. The summed E-state index contributed by atoms with van der Waals surface area (Å²) in [4.78, 5) is 0. The molecule has 0 spiro atoms. The molecule has 1 heterocycles. The van der Waals surface area contributed by atoms with Crippen LogP contribution in [0.15, 0.2) is 42.5 Å². The van der Waals surface area contributed by atoms with E-state index in [4.69, 9.17) is 28.9 Å². The Hall–Kier alpha value is -2.11. The summed E-state index contributed by atoms with van der Waals surface area (Å²) in [5, 5.41) is 12.7. The van der Waals surface area contributed by atoms with Gasteiger partial charge in [-0.25, -0.2) is 0 Å². The molecular weight excluding hydrogens is 297 g/mol. The minimum absolute atomic E-state index is 0.459. The van der Waals surface area contributed by atoms with Crippen molar-refractivity contribution in [2.45, 2.75) is 0 Å². The Bertz CT molecular complexity index is 769. The zero-order chi connectivity index (χ0) is 14.1.